The normalized spacial score (nSPS) is 10.3. The fourth-order valence-electron chi connectivity index (χ4n) is 1.56. The van der Waals surface area contributed by atoms with E-state index < -0.39 is 23.4 Å². The van der Waals surface area contributed by atoms with Crippen molar-refractivity contribution in [2.75, 3.05) is 7.11 Å². The summed E-state index contributed by atoms with van der Waals surface area (Å²) in [5.74, 6) is -3.30. The first-order valence-corrected chi connectivity index (χ1v) is 5.65. The summed E-state index contributed by atoms with van der Waals surface area (Å²) in [4.78, 5) is 18.1. The Kier molecular flexibility index (Phi) is 3.71. The molecule has 0 aliphatic heterocycles. The minimum Gasteiger partial charge on any atom is -0.493 e. The zero-order valence-electron chi connectivity index (χ0n) is 10.1. The van der Waals surface area contributed by atoms with Crippen molar-refractivity contribution >= 4 is 17.6 Å². The van der Waals surface area contributed by atoms with Gasteiger partial charge < -0.3 is 14.9 Å². The van der Waals surface area contributed by atoms with Crippen molar-refractivity contribution in [1.82, 2.24) is 9.97 Å². The lowest BCUT2D eigenvalue weighted by Crippen LogP contribution is -2.04. The van der Waals surface area contributed by atoms with E-state index >= 15 is 0 Å². The van der Waals surface area contributed by atoms with E-state index in [2.05, 4.69) is 9.97 Å². The molecule has 1 aromatic heterocycles. The number of carboxylic acid groups (broad SMARTS) is 1. The maximum absolute atomic E-state index is 14.2. The highest BCUT2D eigenvalue weighted by Crippen LogP contribution is 2.34. The second-order valence-corrected chi connectivity index (χ2v) is 4.09. The minimum atomic E-state index is -1.37. The van der Waals surface area contributed by atoms with Gasteiger partial charge in [-0.1, -0.05) is 11.6 Å². The van der Waals surface area contributed by atoms with Crippen molar-refractivity contribution in [2.24, 2.45) is 0 Å². The van der Waals surface area contributed by atoms with Gasteiger partial charge in [-0.3, -0.25) is 0 Å². The summed E-state index contributed by atoms with van der Waals surface area (Å²) in [5.41, 5.74) is -0.592. The molecule has 1 aromatic carbocycles. The summed E-state index contributed by atoms with van der Waals surface area (Å²) in [7, 11) is 1.24. The molecule has 0 saturated carbocycles. The molecule has 20 heavy (non-hydrogen) atoms. The zero-order chi connectivity index (χ0) is 14.9. The van der Waals surface area contributed by atoms with E-state index in [9.17, 15) is 14.3 Å². The van der Waals surface area contributed by atoms with Crippen LogP contribution in [0.4, 0.5) is 4.39 Å². The molecule has 1 heterocycles. The number of nitrogens with zero attached hydrogens (tertiary/aromatic N) is 2. The number of carboxylic acids is 1. The second kappa shape index (κ2) is 5.30. The molecule has 6 nitrogen and oxygen atoms in total. The van der Waals surface area contributed by atoms with Crippen LogP contribution in [0.1, 0.15) is 10.5 Å². The third-order valence-corrected chi connectivity index (χ3v) is 2.72. The Bertz CT molecular complexity index is 693. The third kappa shape index (κ3) is 2.48. The number of hydrogen-bond donors (Lipinski definition) is 2. The maximum atomic E-state index is 14.2. The summed E-state index contributed by atoms with van der Waals surface area (Å²) in [5, 5.41) is 18.3. The van der Waals surface area contributed by atoms with Gasteiger partial charge in [0.05, 0.1) is 17.7 Å². The van der Waals surface area contributed by atoms with E-state index in [1.54, 1.807) is 0 Å². The van der Waals surface area contributed by atoms with Crippen LogP contribution in [0, 0.1) is 5.82 Å². The fraction of sp³-hybridized carbons (Fsp3) is 0.0833. The number of hydrogen-bond acceptors (Lipinski definition) is 5. The molecule has 0 amide bonds. The largest absolute Gasteiger partial charge is 0.493 e. The monoisotopic (exact) mass is 298 g/mol. The molecule has 0 unspecified atom stereocenters. The standard InChI is InChI=1S/C12H8ClFN2O4/c1-20-10-6(13)3-2-5(9(10)14)11-15-7(12(18)19)4-8(17)16-11/h2-4H,1H3,(H,18,19)(H,15,16,17). The predicted octanol–water partition coefficient (Wildman–Crippen LogP) is 2.35. The minimum absolute atomic E-state index is 0.0485. The van der Waals surface area contributed by atoms with E-state index in [1.165, 1.54) is 19.2 Å². The van der Waals surface area contributed by atoms with Gasteiger partial charge in [-0.15, -0.1) is 0 Å². The van der Waals surface area contributed by atoms with Crippen molar-refractivity contribution in [3.63, 3.8) is 0 Å². The highest BCUT2D eigenvalue weighted by Gasteiger charge is 2.18. The van der Waals surface area contributed by atoms with Gasteiger partial charge in [0, 0.05) is 6.07 Å². The molecular weight excluding hydrogens is 291 g/mol. The molecule has 2 aromatic rings. The number of benzene rings is 1. The maximum Gasteiger partial charge on any atom is 0.354 e. The lowest BCUT2D eigenvalue weighted by atomic mass is 10.1. The van der Waals surface area contributed by atoms with Crippen LogP contribution in [0.5, 0.6) is 11.6 Å². The summed E-state index contributed by atoms with van der Waals surface area (Å²) in [6, 6.07) is 3.48. The lowest BCUT2D eigenvalue weighted by molar-refractivity contribution is 0.0689. The van der Waals surface area contributed by atoms with Gasteiger partial charge >= 0.3 is 5.97 Å². The van der Waals surface area contributed by atoms with Gasteiger partial charge in [0.15, 0.2) is 23.1 Å². The smallest absolute Gasteiger partial charge is 0.354 e. The Morgan fingerprint density at radius 2 is 2.10 bits per heavy atom. The molecule has 2 N–H and O–H groups in total. The molecule has 0 aliphatic carbocycles. The molecule has 0 fully saturated rings. The second-order valence-electron chi connectivity index (χ2n) is 3.68. The van der Waals surface area contributed by atoms with E-state index in [0.717, 1.165) is 6.07 Å². The first-order valence-electron chi connectivity index (χ1n) is 5.27. The highest BCUT2D eigenvalue weighted by atomic mass is 35.5. The van der Waals surface area contributed by atoms with Crippen LogP contribution in [0.15, 0.2) is 18.2 Å². The van der Waals surface area contributed by atoms with Crippen LogP contribution < -0.4 is 4.74 Å². The van der Waals surface area contributed by atoms with Crippen LogP contribution in [-0.2, 0) is 0 Å². The zero-order valence-corrected chi connectivity index (χ0v) is 10.8. The molecule has 0 radical (unpaired) electrons. The molecule has 104 valence electrons. The molecule has 2 rings (SSSR count). The molecule has 0 spiro atoms. The van der Waals surface area contributed by atoms with Gasteiger partial charge in [0.1, 0.15) is 0 Å². The summed E-state index contributed by atoms with van der Waals surface area (Å²) < 4.78 is 19.0. The van der Waals surface area contributed by atoms with Crippen LogP contribution >= 0.6 is 11.6 Å². The molecule has 0 aliphatic rings. The first-order chi connectivity index (χ1) is 9.43. The quantitative estimate of drug-likeness (QED) is 0.903. The number of rotatable bonds is 3. The van der Waals surface area contributed by atoms with E-state index in [4.69, 9.17) is 21.4 Å². The molecule has 0 saturated heterocycles. The fourth-order valence-corrected chi connectivity index (χ4v) is 1.78. The van der Waals surface area contributed by atoms with Crippen LogP contribution in [-0.4, -0.2) is 33.3 Å². The number of aromatic hydroxyl groups is 1. The summed E-state index contributed by atoms with van der Waals surface area (Å²) in [6.45, 7) is 0. The van der Waals surface area contributed by atoms with Gasteiger partial charge in [-0.05, 0) is 12.1 Å². The first kappa shape index (κ1) is 14.0. The average molecular weight is 299 g/mol. The Balaban J connectivity index is 2.66. The van der Waals surface area contributed by atoms with Crippen molar-refractivity contribution in [3.8, 4) is 23.0 Å². The average Bonchev–Trinajstić information content (AvgIpc) is 2.38. The SMILES string of the molecule is COc1c(Cl)ccc(-c2nc(O)cc(C(=O)O)n2)c1F. The van der Waals surface area contributed by atoms with Gasteiger partial charge in [-0.25, -0.2) is 14.2 Å². The van der Waals surface area contributed by atoms with E-state index in [1.807, 2.05) is 0 Å². The Morgan fingerprint density at radius 3 is 2.70 bits per heavy atom. The van der Waals surface area contributed by atoms with Gasteiger partial charge in [-0.2, -0.15) is 4.98 Å². The molecule has 8 heteroatoms. The number of aromatic nitrogens is 2. The molecular formula is C12H8ClFN2O4. The third-order valence-electron chi connectivity index (χ3n) is 2.43. The topological polar surface area (TPSA) is 92.5 Å². The van der Waals surface area contributed by atoms with E-state index in [0.29, 0.717) is 0 Å². The summed E-state index contributed by atoms with van der Waals surface area (Å²) >= 11 is 5.75. The van der Waals surface area contributed by atoms with Crippen LogP contribution in [0.3, 0.4) is 0 Å². The van der Waals surface area contributed by atoms with Crippen LogP contribution in [0.2, 0.25) is 5.02 Å². The predicted molar refractivity (Wildman–Crippen MR) is 67.6 cm³/mol. The Hall–Kier alpha value is -2.41. The van der Waals surface area contributed by atoms with Gasteiger partial charge in [0.2, 0.25) is 5.88 Å². The van der Waals surface area contributed by atoms with Crippen molar-refractivity contribution < 1.29 is 24.1 Å². The number of aromatic carboxylic acids is 1. The van der Waals surface area contributed by atoms with E-state index in [-0.39, 0.29) is 22.2 Å². The number of carbonyl (C=O) groups is 1. The lowest BCUT2D eigenvalue weighted by Gasteiger charge is -2.09. The van der Waals surface area contributed by atoms with Gasteiger partial charge in [0.25, 0.3) is 0 Å². The van der Waals surface area contributed by atoms with Crippen molar-refractivity contribution in [1.29, 1.82) is 0 Å². The van der Waals surface area contributed by atoms with Crippen LogP contribution in [0.25, 0.3) is 11.4 Å². The van der Waals surface area contributed by atoms with Crippen molar-refractivity contribution in [3.05, 3.63) is 34.7 Å². The number of ether oxygens (including phenoxy) is 1. The molecule has 0 atom stereocenters. The Labute approximate surface area is 117 Å². The van der Waals surface area contributed by atoms with Crippen molar-refractivity contribution in [2.45, 2.75) is 0 Å². The summed E-state index contributed by atoms with van der Waals surface area (Å²) in [6.07, 6.45) is 0. The Morgan fingerprint density at radius 1 is 1.40 bits per heavy atom. The number of methoxy groups -OCH3 is 1. The molecule has 0 bridgehead atoms. The highest BCUT2D eigenvalue weighted by molar-refractivity contribution is 6.32. The number of halogens is 2.